The van der Waals surface area contributed by atoms with Crippen molar-refractivity contribution >= 4 is 23.6 Å². The van der Waals surface area contributed by atoms with Crippen LogP contribution in [-0.4, -0.2) is 29.1 Å². The van der Waals surface area contributed by atoms with Gasteiger partial charge in [-0.1, -0.05) is 18.2 Å². The average Bonchev–Trinajstić information content (AvgIpc) is 3.37. The van der Waals surface area contributed by atoms with Crippen LogP contribution in [0.25, 0.3) is 6.08 Å². The van der Waals surface area contributed by atoms with Crippen molar-refractivity contribution in [3.05, 3.63) is 58.9 Å². The zero-order valence-electron chi connectivity index (χ0n) is 16.6. The van der Waals surface area contributed by atoms with Gasteiger partial charge in [0.2, 0.25) is 0 Å². The molecule has 0 saturated heterocycles. The molecule has 0 unspecified atom stereocenters. The lowest BCUT2D eigenvalue weighted by Crippen LogP contribution is -2.38. The van der Waals surface area contributed by atoms with Crippen LogP contribution >= 0.6 is 0 Å². The highest BCUT2D eigenvalue weighted by atomic mass is 16.5. The first kappa shape index (κ1) is 18.5. The number of benzene rings is 1. The molecule has 5 heteroatoms. The number of carbonyl (C=O) groups is 2. The topological polar surface area (TPSA) is 51.5 Å². The van der Waals surface area contributed by atoms with Crippen LogP contribution in [0.15, 0.2) is 36.4 Å². The van der Waals surface area contributed by atoms with Gasteiger partial charge in [0.15, 0.2) is 6.61 Å². The summed E-state index contributed by atoms with van der Waals surface area (Å²) in [6.07, 6.45) is 6.46. The van der Waals surface area contributed by atoms with E-state index in [4.69, 9.17) is 4.74 Å². The number of carbonyl (C=O) groups excluding carboxylic acids is 2. The fraction of sp³-hybridized carbons (Fsp3) is 0.391. The number of ether oxygens (including phenoxy) is 1. The van der Waals surface area contributed by atoms with Crippen LogP contribution in [0.3, 0.4) is 0 Å². The third-order valence-corrected chi connectivity index (χ3v) is 5.65. The first-order valence-electron chi connectivity index (χ1n) is 9.89. The number of anilines is 1. The van der Waals surface area contributed by atoms with Gasteiger partial charge < -0.3 is 14.2 Å². The third kappa shape index (κ3) is 3.49. The summed E-state index contributed by atoms with van der Waals surface area (Å²) in [4.78, 5) is 26.5. The molecule has 1 aromatic carbocycles. The molecular formula is C23H26N2O3. The summed E-state index contributed by atoms with van der Waals surface area (Å²) >= 11 is 0. The van der Waals surface area contributed by atoms with Gasteiger partial charge in [-0.05, 0) is 69.4 Å². The number of para-hydroxylation sites is 1. The van der Waals surface area contributed by atoms with Crippen molar-refractivity contribution in [1.29, 1.82) is 0 Å². The minimum absolute atomic E-state index is 0.0759. The van der Waals surface area contributed by atoms with Gasteiger partial charge in [-0.15, -0.1) is 0 Å². The van der Waals surface area contributed by atoms with Crippen LogP contribution in [0.1, 0.15) is 48.3 Å². The number of nitrogens with zero attached hydrogens (tertiary/aromatic N) is 2. The van der Waals surface area contributed by atoms with Gasteiger partial charge in [0.25, 0.3) is 5.91 Å². The Kier molecular flexibility index (Phi) is 4.84. The molecule has 2 aliphatic rings. The standard InChI is InChI=1S/C23H26N2O3/c1-15-12-18(17(3)24(15)20-9-10-20)8-11-23(27)28-14-22(26)25-16(2)13-19-6-4-5-7-21(19)25/h4-8,11-12,16,20H,9-10,13-14H2,1-3H3/b11-8+/t16-/m1/s1. The number of hydrogen-bond acceptors (Lipinski definition) is 3. The Hall–Kier alpha value is -2.82. The number of rotatable bonds is 5. The minimum atomic E-state index is -0.496. The molecule has 5 nitrogen and oxygen atoms in total. The van der Waals surface area contributed by atoms with Gasteiger partial charge in [-0.25, -0.2) is 4.79 Å². The van der Waals surface area contributed by atoms with Gasteiger partial charge in [-0.2, -0.15) is 0 Å². The van der Waals surface area contributed by atoms with E-state index in [1.807, 2.05) is 31.2 Å². The Morgan fingerprint density at radius 2 is 1.96 bits per heavy atom. The fourth-order valence-electron chi connectivity index (χ4n) is 4.22. The van der Waals surface area contributed by atoms with Gasteiger partial charge >= 0.3 is 5.97 Å². The van der Waals surface area contributed by atoms with Crippen molar-refractivity contribution in [2.24, 2.45) is 0 Å². The molecule has 0 radical (unpaired) electrons. The summed E-state index contributed by atoms with van der Waals surface area (Å²) in [5.41, 5.74) is 5.47. The van der Waals surface area contributed by atoms with Crippen molar-refractivity contribution in [2.45, 2.75) is 52.1 Å². The predicted octanol–water partition coefficient (Wildman–Crippen LogP) is 3.97. The number of hydrogen-bond donors (Lipinski definition) is 0. The van der Waals surface area contributed by atoms with E-state index in [-0.39, 0.29) is 18.6 Å². The van der Waals surface area contributed by atoms with E-state index >= 15 is 0 Å². The van der Waals surface area contributed by atoms with E-state index in [2.05, 4.69) is 24.5 Å². The van der Waals surface area contributed by atoms with Crippen LogP contribution < -0.4 is 4.90 Å². The molecule has 146 valence electrons. The van der Waals surface area contributed by atoms with E-state index in [0.29, 0.717) is 6.04 Å². The fourth-order valence-corrected chi connectivity index (χ4v) is 4.22. The van der Waals surface area contributed by atoms with Gasteiger partial charge in [0.1, 0.15) is 0 Å². The highest BCUT2D eigenvalue weighted by Gasteiger charge is 2.31. The molecule has 0 spiro atoms. The first-order chi connectivity index (χ1) is 13.5. The lowest BCUT2D eigenvalue weighted by molar-refractivity contribution is -0.143. The van der Waals surface area contributed by atoms with E-state index in [1.165, 1.54) is 30.3 Å². The van der Waals surface area contributed by atoms with Gasteiger partial charge in [0, 0.05) is 35.2 Å². The maximum atomic E-state index is 12.6. The quantitative estimate of drug-likeness (QED) is 0.584. The maximum absolute atomic E-state index is 12.6. The smallest absolute Gasteiger partial charge is 0.331 e. The summed E-state index contributed by atoms with van der Waals surface area (Å²) in [6.45, 7) is 5.93. The Morgan fingerprint density at radius 1 is 1.21 bits per heavy atom. The molecule has 1 aliphatic carbocycles. The third-order valence-electron chi connectivity index (χ3n) is 5.65. The van der Waals surface area contributed by atoms with E-state index < -0.39 is 5.97 Å². The molecule has 28 heavy (non-hydrogen) atoms. The SMILES string of the molecule is Cc1cc(/C=C/C(=O)OCC(=O)N2c3ccccc3C[C@H]2C)c(C)n1C1CC1. The number of esters is 1. The van der Waals surface area contributed by atoms with Crippen molar-refractivity contribution < 1.29 is 14.3 Å². The van der Waals surface area contributed by atoms with E-state index in [1.54, 1.807) is 11.0 Å². The van der Waals surface area contributed by atoms with Crippen LogP contribution in [0, 0.1) is 13.8 Å². The minimum Gasteiger partial charge on any atom is -0.452 e. The second-order valence-electron chi connectivity index (χ2n) is 7.81. The highest BCUT2D eigenvalue weighted by molar-refractivity contribution is 5.98. The summed E-state index contributed by atoms with van der Waals surface area (Å²) in [7, 11) is 0. The normalized spacial score (nSPS) is 18.5. The number of fused-ring (bicyclic) bond motifs is 1. The van der Waals surface area contributed by atoms with Crippen LogP contribution in [0.5, 0.6) is 0 Å². The average molecular weight is 378 g/mol. The molecule has 4 rings (SSSR count). The Bertz CT molecular complexity index is 953. The second-order valence-corrected chi connectivity index (χ2v) is 7.81. The summed E-state index contributed by atoms with van der Waals surface area (Å²) in [5.74, 6) is -0.684. The Balaban J connectivity index is 1.37. The largest absolute Gasteiger partial charge is 0.452 e. The summed E-state index contributed by atoms with van der Waals surface area (Å²) in [5, 5.41) is 0. The molecule has 0 bridgehead atoms. The lowest BCUT2D eigenvalue weighted by atomic mass is 10.1. The molecule has 1 saturated carbocycles. The van der Waals surface area contributed by atoms with Crippen molar-refractivity contribution in [1.82, 2.24) is 4.57 Å². The zero-order valence-corrected chi connectivity index (χ0v) is 16.6. The Labute approximate surface area is 165 Å². The summed E-state index contributed by atoms with van der Waals surface area (Å²) in [6, 6.07) is 10.6. The van der Waals surface area contributed by atoms with Gasteiger partial charge in [-0.3, -0.25) is 4.79 Å². The molecule has 1 fully saturated rings. The number of aryl methyl sites for hydroxylation is 1. The summed E-state index contributed by atoms with van der Waals surface area (Å²) < 4.78 is 7.55. The maximum Gasteiger partial charge on any atom is 0.331 e. The van der Waals surface area contributed by atoms with E-state index in [0.717, 1.165) is 23.2 Å². The van der Waals surface area contributed by atoms with Crippen LogP contribution in [0.4, 0.5) is 5.69 Å². The van der Waals surface area contributed by atoms with Crippen molar-refractivity contribution in [2.75, 3.05) is 11.5 Å². The molecule has 1 amide bonds. The number of amides is 1. The zero-order chi connectivity index (χ0) is 19.8. The molecule has 2 aromatic rings. The molecule has 1 aliphatic heterocycles. The number of aromatic nitrogens is 1. The molecule has 1 aromatic heterocycles. The van der Waals surface area contributed by atoms with Crippen LogP contribution in [0.2, 0.25) is 0 Å². The monoisotopic (exact) mass is 378 g/mol. The molecule has 0 N–H and O–H groups in total. The Morgan fingerprint density at radius 3 is 2.71 bits per heavy atom. The van der Waals surface area contributed by atoms with Crippen molar-refractivity contribution in [3.8, 4) is 0 Å². The second kappa shape index (κ2) is 7.30. The van der Waals surface area contributed by atoms with E-state index in [9.17, 15) is 9.59 Å². The molecular weight excluding hydrogens is 352 g/mol. The molecule has 2 heterocycles. The lowest BCUT2D eigenvalue weighted by Gasteiger charge is -2.22. The van der Waals surface area contributed by atoms with Crippen molar-refractivity contribution in [3.63, 3.8) is 0 Å². The van der Waals surface area contributed by atoms with Crippen LogP contribution in [-0.2, 0) is 20.7 Å². The highest BCUT2D eigenvalue weighted by Crippen LogP contribution is 2.38. The van der Waals surface area contributed by atoms with Gasteiger partial charge in [0.05, 0.1) is 0 Å². The predicted molar refractivity (Wildman–Crippen MR) is 109 cm³/mol. The first-order valence-corrected chi connectivity index (χ1v) is 9.89. The molecule has 1 atom stereocenters.